The molecule has 3 nitrogen and oxygen atoms in total. The molecule has 3 rings (SSSR count). The first-order valence-electron chi connectivity index (χ1n) is 6.63. The van der Waals surface area contributed by atoms with Gasteiger partial charge >= 0.3 is 0 Å². The predicted octanol–water partition coefficient (Wildman–Crippen LogP) is 4.73. The Labute approximate surface area is 132 Å². The van der Waals surface area contributed by atoms with Gasteiger partial charge in [-0.1, -0.05) is 11.6 Å². The van der Waals surface area contributed by atoms with Gasteiger partial charge in [0.2, 0.25) is 0 Å². The standard InChI is InChI=1S/C16H15ClN2OS/c1-20-9-8-19(13-4-6-18-7-5-13)15-11-21-16-10-12(17)2-3-14(15)16/h2-7,10-11H,8-9H2,1H3. The summed E-state index contributed by atoms with van der Waals surface area (Å²) in [6.45, 7) is 1.45. The molecular formula is C16H15ClN2OS. The van der Waals surface area contributed by atoms with Gasteiger partial charge in [-0.15, -0.1) is 11.3 Å². The number of methoxy groups -OCH3 is 1. The monoisotopic (exact) mass is 318 g/mol. The highest BCUT2D eigenvalue weighted by Gasteiger charge is 2.14. The van der Waals surface area contributed by atoms with Crippen LogP contribution in [0.4, 0.5) is 11.4 Å². The summed E-state index contributed by atoms with van der Waals surface area (Å²) in [5.41, 5.74) is 2.28. The number of aromatic nitrogens is 1. The van der Waals surface area contributed by atoms with Gasteiger partial charge in [0.1, 0.15) is 0 Å². The van der Waals surface area contributed by atoms with Crippen LogP contribution in [-0.2, 0) is 4.74 Å². The summed E-state index contributed by atoms with van der Waals surface area (Å²) in [7, 11) is 1.72. The number of thiophene rings is 1. The lowest BCUT2D eigenvalue weighted by Gasteiger charge is -2.24. The number of anilines is 2. The van der Waals surface area contributed by atoms with Crippen molar-refractivity contribution in [2.45, 2.75) is 0 Å². The van der Waals surface area contributed by atoms with Crippen LogP contribution in [0.15, 0.2) is 48.1 Å². The number of fused-ring (bicyclic) bond motifs is 1. The third-order valence-electron chi connectivity index (χ3n) is 3.30. The highest BCUT2D eigenvalue weighted by atomic mass is 35.5. The highest BCUT2D eigenvalue weighted by molar-refractivity contribution is 7.17. The number of hydrogen-bond donors (Lipinski definition) is 0. The van der Waals surface area contributed by atoms with Gasteiger partial charge in [0, 0.05) is 52.2 Å². The van der Waals surface area contributed by atoms with Crippen molar-refractivity contribution in [2.24, 2.45) is 0 Å². The van der Waals surface area contributed by atoms with Gasteiger partial charge in [0.15, 0.2) is 0 Å². The van der Waals surface area contributed by atoms with Crippen LogP contribution in [0.25, 0.3) is 10.1 Å². The predicted molar refractivity (Wildman–Crippen MR) is 90.0 cm³/mol. The van der Waals surface area contributed by atoms with Crippen LogP contribution in [0.5, 0.6) is 0 Å². The first kappa shape index (κ1) is 14.3. The van der Waals surface area contributed by atoms with E-state index in [0.29, 0.717) is 6.61 Å². The maximum absolute atomic E-state index is 6.07. The van der Waals surface area contributed by atoms with Gasteiger partial charge < -0.3 is 9.64 Å². The van der Waals surface area contributed by atoms with Gasteiger partial charge in [-0.05, 0) is 30.3 Å². The Morgan fingerprint density at radius 2 is 2.05 bits per heavy atom. The minimum atomic E-state index is 0.660. The van der Waals surface area contributed by atoms with E-state index in [2.05, 4.69) is 21.3 Å². The van der Waals surface area contributed by atoms with Crippen LogP contribution in [-0.4, -0.2) is 25.2 Å². The lowest BCUT2D eigenvalue weighted by Crippen LogP contribution is -2.21. The average molecular weight is 319 g/mol. The molecule has 2 heterocycles. The highest BCUT2D eigenvalue weighted by Crippen LogP contribution is 2.37. The molecule has 1 aromatic carbocycles. The van der Waals surface area contributed by atoms with E-state index in [-0.39, 0.29) is 0 Å². The first-order valence-corrected chi connectivity index (χ1v) is 7.88. The summed E-state index contributed by atoms with van der Waals surface area (Å²) < 4.78 is 6.44. The molecule has 0 fully saturated rings. The maximum atomic E-state index is 6.07. The molecule has 5 heteroatoms. The van der Waals surface area contributed by atoms with Gasteiger partial charge in [0.05, 0.1) is 12.3 Å². The molecule has 0 aliphatic rings. The summed E-state index contributed by atoms with van der Waals surface area (Å²) >= 11 is 7.77. The molecule has 2 aromatic heterocycles. The molecule has 0 radical (unpaired) electrons. The SMILES string of the molecule is COCCN(c1ccncc1)c1csc2cc(Cl)ccc12. The Morgan fingerprint density at radius 3 is 2.81 bits per heavy atom. The zero-order valence-electron chi connectivity index (χ0n) is 11.6. The molecule has 3 aromatic rings. The van der Waals surface area contributed by atoms with Crippen molar-refractivity contribution in [2.75, 3.05) is 25.2 Å². The fraction of sp³-hybridized carbons (Fsp3) is 0.188. The molecule has 0 amide bonds. The van der Waals surface area contributed by atoms with E-state index in [1.807, 2.05) is 24.3 Å². The van der Waals surface area contributed by atoms with Crippen molar-refractivity contribution in [3.8, 4) is 0 Å². The minimum Gasteiger partial charge on any atom is -0.383 e. The van der Waals surface area contributed by atoms with Gasteiger partial charge in [-0.3, -0.25) is 4.98 Å². The second kappa shape index (κ2) is 6.43. The van der Waals surface area contributed by atoms with Gasteiger partial charge in [0.25, 0.3) is 0 Å². The molecule has 0 saturated carbocycles. The van der Waals surface area contributed by atoms with Gasteiger partial charge in [-0.2, -0.15) is 0 Å². The van der Waals surface area contributed by atoms with Crippen molar-refractivity contribution in [1.29, 1.82) is 0 Å². The normalized spacial score (nSPS) is 11.0. The number of hydrogen-bond acceptors (Lipinski definition) is 4. The van der Waals surface area contributed by atoms with Gasteiger partial charge in [-0.25, -0.2) is 0 Å². The third kappa shape index (κ3) is 3.02. The second-order valence-electron chi connectivity index (χ2n) is 4.61. The summed E-state index contributed by atoms with van der Waals surface area (Å²) in [6.07, 6.45) is 3.61. The van der Waals surface area contributed by atoms with E-state index in [1.165, 1.54) is 15.8 Å². The fourth-order valence-electron chi connectivity index (χ4n) is 2.29. The molecule has 0 aliphatic carbocycles. The first-order chi connectivity index (χ1) is 10.3. The third-order valence-corrected chi connectivity index (χ3v) is 4.47. The Bertz CT molecular complexity index is 729. The largest absolute Gasteiger partial charge is 0.383 e. The number of halogens is 1. The molecule has 0 saturated heterocycles. The van der Waals surface area contributed by atoms with Crippen LogP contribution in [0.1, 0.15) is 0 Å². The second-order valence-corrected chi connectivity index (χ2v) is 5.96. The summed E-state index contributed by atoms with van der Waals surface area (Å²) in [6, 6.07) is 10.0. The van der Waals surface area contributed by atoms with Crippen molar-refractivity contribution in [3.05, 3.63) is 53.1 Å². The minimum absolute atomic E-state index is 0.660. The lowest BCUT2D eigenvalue weighted by molar-refractivity contribution is 0.207. The molecule has 0 unspecified atom stereocenters. The van der Waals surface area contributed by atoms with Crippen molar-refractivity contribution >= 4 is 44.4 Å². The van der Waals surface area contributed by atoms with Crippen molar-refractivity contribution in [1.82, 2.24) is 4.98 Å². The Kier molecular flexibility index (Phi) is 4.39. The van der Waals surface area contributed by atoms with E-state index in [9.17, 15) is 0 Å². The Hall–Kier alpha value is -1.62. The van der Waals surface area contributed by atoms with Crippen LogP contribution in [0.2, 0.25) is 5.02 Å². The van der Waals surface area contributed by atoms with Crippen LogP contribution in [0.3, 0.4) is 0 Å². The van der Waals surface area contributed by atoms with Crippen LogP contribution < -0.4 is 4.90 Å². The fourth-order valence-corrected chi connectivity index (χ4v) is 3.52. The summed E-state index contributed by atoms with van der Waals surface area (Å²) in [4.78, 5) is 6.34. The topological polar surface area (TPSA) is 25.4 Å². The van der Waals surface area contributed by atoms with E-state index < -0.39 is 0 Å². The number of ether oxygens (including phenoxy) is 1. The quantitative estimate of drug-likeness (QED) is 0.679. The van der Waals surface area contributed by atoms with E-state index in [1.54, 1.807) is 30.8 Å². The number of rotatable bonds is 5. The molecule has 0 aliphatic heterocycles. The molecular weight excluding hydrogens is 304 g/mol. The van der Waals surface area contributed by atoms with Crippen molar-refractivity contribution in [3.63, 3.8) is 0 Å². The lowest BCUT2D eigenvalue weighted by atomic mass is 10.2. The Morgan fingerprint density at radius 1 is 1.24 bits per heavy atom. The smallest absolute Gasteiger partial charge is 0.0642 e. The van der Waals surface area contributed by atoms with Crippen LogP contribution >= 0.6 is 22.9 Å². The molecule has 21 heavy (non-hydrogen) atoms. The van der Waals surface area contributed by atoms with Crippen LogP contribution in [0, 0.1) is 0 Å². The number of pyridine rings is 1. The molecule has 0 bridgehead atoms. The Balaban J connectivity index is 2.06. The number of benzene rings is 1. The summed E-state index contributed by atoms with van der Waals surface area (Å²) in [5.74, 6) is 0. The van der Waals surface area contributed by atoms with E-state index in [0.717, 1.165) is 17.3 Å². The zero-order valence-corrected chi connectivity index (χ0v) is 13.2. The molecule has 0 spiro atoms. The number of nitrogens with zero attached hydrogens (tertiary/aromatic N) is 2. The molecule has 0 atom stereocenters. The maximum Gasteiger partial charge on any atom is 0.0642 e. The molecule has 108 valence electrons. The summed E-state index contributed by atoms with van der Waals surface area (Å²) in [5, 5.41) is 4.14. The average Bonchev–Trinajstić information content (AvgIpc) is 2.92. The van der Waals surface area contributed by atoms with E-state index >= 15 is 0 Å². The zero-order chi connectivity index (χ0) is 14.7. The molecule has 0 N–H and O–H groups in total. The van der Waals surface area contributed by atoms with Crippen molar-refractivity contribution < 1.29 is 4.74 Å². The van der Waals surface area contributed by atoms with E-state index in [4.69, 9.17) is 16.3 Å².